The van der Waals surface area contributed by atoms with E-state index in [0.29, 0.717) is 18.4 Å². The number of nitrogens with zero attached hydrogens (tertiary/aromatic N) is 1. The maximum atomic E-state index is 13.6. The van der Waals surface area contributed by atoms with E-state index in [1.165, 1.54) is 12.1 Å². The average Bonchev–Trinajstić information content (AvgIpc) is 2.52. The van der Waals surface area contributed by atoms with Gasteiger partial charge in [-0.15, -0.1) is 0 Å². The Kier molecular flexibility index (Phi) is 5.42. The van der Waals surface area contributed by atoms with Crippen molar-refractivity contribution in [2.24, 2.45) is 0 Å². The first kappa shape index (κ1) is 15.9. The first-order valence-corrected chi connectivity index (χ1v) is 6.83. The molecule has 114 valence electrons. The second-order valence-corrected chi connectivity index (χ2v) is 4.77. The summed E-state index contributed by atoms with van der Waals surface area (Å²) >= 11 is 0. The molecule has 2 aromatic carbocycles. The molecule has 0 amide bonds. The van der Waals surface area contributed by atoms with Gasteiger partial charge in [0, 0.05) is 11.6 Å². The standard InChI is InChI=1S/C17H14F3NO/c18-15-6-2-1-5-14(15)12(11-21)4-3-9-22-13-7-8-16(19)17(20)10-13/h1-2,5-8,10,12H,3-4,9H2. The van der Waals surface area contributed by atoms with Crippen molar-refractivity contribution in [3.63, 3.8) is 0 Å². The minimum absolute atomic E-state index is 0.221. The fourth-order valence-electron chi connectivity index (χ4n) is 2.09. The molecular formula is C17H14F3NO. The largest absolute Gasteiger partial charge is 0.493 e. The number of nitriles is 1. The summed E-state index contributed by atoms with van der Waals surface area (Å²) in [5.74, 6) is -2.65. The fraction of sp³-hybridized carbons (Fsp3) is 0.235. The predicted octanol–water partition coefficient (Wildman–Crippen LogP) is 4.57. The topological polar surface area (TPSA) is 33.0 Å². The molecule has 0 fully saturated rings. The van der Waals surface area contributed by atoms with Crippen molar-refractivity contribution in [3.05, 3.63) is 65.5 Å². The van der Waals surface area contributed by atoms with Gasteiger partial charge in [-0.2, -0.15) is 5.26 Å². The molecule has 2 rings (SSSR count). The Bertz CT molecular complexity index is 682. The number of hydrogen-bond acceptors (Lipinski definition) is 2. The van der Waals surface area contributed by atoms with Gasteiger partial charge in [-0.05, 0) is 31.0 Å². The summed E-state index contributed by atoms with van der Waals surface area (Å²) in [5.41, 5.74) is 0.359. The highest BCUT2D eigenvalue weighted by Crippen LogP contribution is 2.23. The maximum absolute atomic E-state index is 13.6. The van der Waals surface area contributed by atoms with Crippen LogP contribution in [0.1, 0.15) is 24.3 Å². The van der Waals surface area contributed by atoms with E-state index >= 15 is 0 Å². The van der Waals surface area contributed by atoms with Crippen molar-refractivity contribution in [2.75, 3.05) is 6.61 Å². The highest BCUT2D eigenvalue weighted by molar-refractivity contribution is 5.26. The third-order valence-electron chi connectivity index (χ3n) is 3.23. The Morgan fingerprint density at radius 3 is 2.45 bits per heavy atom. The maximum Gasteiger partial charge on any atom is 0.162 e. The van der Waals surface area contributed by atoms with Crippen molar-refractivity contribution in [1.82, 2.24) is 0 Å². The van der Waals surface area contributed by atoms with E-state index < -0.39 is 23.4 Å². The highest BCUT2D eigenvalue weighted by Gasteiger charge is 2.14. The lowest BCUT2D eigenvalue weighted by molar-refractivity contribution is 0.302. The van der Waals surface area contributed by atoms with E-state index in [4.69, 9.17) is 10.00 Å². The number of ether oxygens (including phenoxy) is 1. The van der Waals surface area contributed by atoms with Crippen molar-refractivity contribution < 1.29 is 17.9 Å². The molecule has 0 saturated carbocycles. The van der Waals surface area contributed by atoms with Gasteiger partial charge in [0.2, 0.25) is 0 Å². The van der Waals surface area contributed by atoms with Gasteiger partial charge in [-0.3, -0.25) is 0 Å². The van der Waals surface area contributed by atoms with Crippen LogP contribution < -0.4 is 4.74 Å². The van der Waals surface area contributed by atoms with E-state index in [2.05, 4.69) is 6.07 Å². The van der Waals surface area contributed by atoms with Gasteiger partial charge in [0.1, 0.15) is 11.6 Å². The molecule has 22 heavy (non-hydrogen) atoms. The Morgan fingerprint density at radius 1 is 1.00 bits per heavy atom. The van der Waals surface area contributed by atoms with Crippen LogP contribution in [0.25, 0.3) is 0 Å². The Hall–Kier alpha value is -2.48. The van der Waals surface area contributed by atoms with Crippen LogP contribution in [-0.2, 0) is 0 Å². The van der Waals surface area contributed by atoms with Crippen LogP contribution in [0.4, 0.5) is 13.2 Å². The number of hydrogen-bond donors (Lipinski definition) is 0. The smallest absolute Gasteiger partial charge is 0.162 e. The van der Waals surface area contributed by atoms with Crippen LogP contribution in [0.3, 0.4) is 0 Å². The van der Waals surface area contributed by atoms with Crippen LogP contribution >= 0.6 is 0 Å². The summed E-state index contributed by atoms with van der Waals surface area (Å²) in [6.07, 6.45) is 0.909. The lowest BCUT2D eigenvalue weighted by atomic mass is 9.95. The second kappa shape index (κ2) is 7.51. The van der Waals surface area contributed by atoms with E-state index in [1.807, 2.05) is 0 Å². The molecule has 0 heterocycles. The SMILES string of the molecule is N#CC(CCCOc1ccc(F)c(F)c1)c1ccccc1F. The zero-order valence-electron chi connectivity index (χ0n) is 11.7. The number of rotatable bonds is 6. The van der Waals surface area contributed by atoms with Crippen molar-refractivity contribution in [1.29, 1.82) is 5.26 Å². The lowest BCUT2D eigenvalue weighted by Crippen LogP contribution is -2.04. The van der Waals surface area contributed by atoms with Gasteiger partial charge < -0.3 is 4.74 Å². The van der Waals surface area contributed by atoms with E-state index in [-0.39, 0.29) is 12.4 Å². The van der Waals surface area contributed by atoms with Crippen molar-refractivity contribution in [3.8, 4) is 11.8 Å². The number of benzene rings is 2. The minimum Gasteiger partial charge on any atom is -0.493 e. The van der Waals surface area contributed by atoms with Crippen LogP contribution in [-0.4, -0.2) is 6.61 Å². The van der Waals surface area contributed by atoms with Crippen LogP contribution in [0.2, 0.25) is 0 Å². The van der Waals surface area contributed by atoms with Crippen LogP contribution in [0.15, 0.2) is 42.5 Å². The predicted molar refractivity (Wildman–Crippen MR) is 75.8 cm³/mol. The first-order valence-electron chi connectivity index (χ1n) is 6.83. The molecule has 2 nitrogen and oxygen atoms in total. The molecule has 0 radical (unpaired) electrons. The summed E-state index contributed by atoms with van der Waals surface area (Å²) in [6, 6.07) is 11.5. The zero-order valence-corrected chi connectivity index (χ0v) is 11.7. The van der Waals surface area contributed by atoms with E-state index in [0.717, 1.165) is 12.1 Å². The highest BCUT2D eigenvalue weighted by atomic mass is 19.2. The molecule has 0 N–H and O–H groups in total. The first-order chi connectivity index (χ1) is 10.6. The summed E-state index contributed by atoms with van der Waals surface area (Å²) in [7, 11) is 0. The zero-order chi connectivity index (χ0) is 15.9. The Labute approximate surface area is 126 Å². The van der Waals surface area contributed by atoms with Gasteiger partial charge >= 0.3 is 0 Å². The molecular weight excluding hydrogens is 291 g/mol. The molecule has 0 spiro atoms. The molecule has 0 saturated heterocycles. The molecule has 1 unspecified atom stereocenters. The molecule has 0 aliphatic carbocycles. The van der Waals surface area contributed by atoms with Gasteiger partial charge in [0.25, 0.3) is 0 Å². The lowest BCUT2D eigenvalue weighted by Gasteiger charge is -2.11. The molecule has 0 bridgehead atoms. The third kappa shape index (κ3) is 4.01. The van der Waals surface area contributed by atoms with E-state index in [9.17, 15) is 13.2 Å². The molecule has 0 aromatic heterocycles. The normalized spacial score (nSPS) is 11.7. The van der Waals surface area contributed by atoms with Crippen LogP contribution in [0, 0.1) is 28.8 Å². The van der Waals surface area contributed by atoms with E-state index in [1.54, 1.807) is 18.2 Å². The van der Waals surface area contributed by atoms with Gasteiger partial charge in [0.05, 0.1) is 18.6 Å². The average molecular weight is 305 g/mol. The second-order valence-electron chi connectivity index (χ2n) is 4.77. The molecule has 0 aliphatic heterocycles. The molecule has 1 atom stereocenters. The summed E-state index contributed by atoms with van der Waals surface area (Å²) in [6.45, 7) is 0.234. The molecule has 2 aromatic rings. The monoisotopic (exact) mass is 305 g/mol. The fourth-order valence-corrected chi connectivity index (χ4v) is 2.09. The van der Waals surface area contributed by atoms with Crippen molar-refractivity contribution >= 4 is 0 Å². The Balaban J connectivity index is 1.86. The summed E-state index contributed by atoms with van der Waals surface area (Å²) in [5, 5.41) is 9.14. The summed E-state index contributed by atoms with van der Waals surface area (Å²) in [4.78, 5) is 0. The summed E-state index contributed by atoms with van der Waals surface area (Å²) < 4.78 is 44.7. The minimum atomic E-state index is -0.973. The van der Waals surface area contributed by atoms with Crippen LogP contribution in [0.5, 0.6) is 5.75 Å². The van der Waals surface area contributed by atoms with Gasteiger partial charge in [-0.25, -0.2) is 13.2 Å². The molecule has 0 aliphatic rings. The quantitative estimate of drug-likeness (QED) is 0.732. The Morgan fingerprint density at radius 2 is 1.77 bits per heavy atom. The third-order valence-corrected chi connectivity index (χ3v) is 3.23. The van der Waals surface area contributed by atoms with Crippen molar-refractivity contribution in [2.45, 2.75) is 18.8 Å². The molecule has 5 heteroatoms. The van der Waals surface area contributed by atoms with Gasteiger partial charge in [-0.1, -0.05) is 18.2 Å². The number of halogens is 3. The van der Waals surface area contributed by atoms with Gasteiger partial charge in [0.15, 0.2) is 11.6 Å².